The summed E-state index contributed by atoms with van der Waals surface area (Å²) in [6.07, 6.45) is 3.50. The minimum absolute atomic E-state index is 0.254. The van der Waals surface area contributed by atoms with Crippen molar-refractivity contribution in [2.75, 3.05) is 0 Å². The summed E-state index contributed by atoms with van der Waals surface area (Å²) in [6, 6.07) is 1.95. The summed E-state index contributed by atoms with van der Waals surface area (Å²) in [5.41, 5.74) is -1.46. The lowest BCUT2D eigenvalue weighted by atomic mass is 9.90. The number of nitriles is 1. The Bertz CT molecular complexity index is 530. The predicted octanol–water partition coefficient (Wildman–Crippen LogP) is 3.40. The van der Waals surface area contributed by atoms with E-state index >= 15 is 0 Å². The molecule has 1 heterocycles. The molecule has 17 heavy (non-hydrogen) atoms. The summed E-state index contributed by atoms with van der Waals surface area (Å²) in [4.78, 5) is 4.02. The Balaban J connectivity index is 2.26. The van der Waals surface area contributed by atoms with Crippen molar-refractivity contribution < 1.29 is 9.13 Å². The molecule has 2 unspecified atom stereocenters. The first kappa shape index (κ1) is 12.3. The molecule has 0 fully saturated rings. The number of allylic oxidation sites excluding steroid dienone is 2. The molecule has 0 aliphatic heterocycles. The molecule has 0 radical (unpaired) electrons. The van der Waals surface area contributed by atoms with Crippen LogP contribution in [0, 0.1) is 11.3 Å². The Hall–Kier alpha value is -1.19. The van der Waals surface area contributed by atoms with Crippen LogP contribution in [-0.4, -0.2) is 16.8 Å². The summed E-state index contributed by atoms with van der Waals surface area (Å²) in [6.45, 7) is 1.38. The van der Waals surface area contributed by atoms with Gasteiger partial charge in [-0.2, -0.15) is 10.2 Å². The molecule has 2 rings (SSSR count). The number of halogens is 2. The zero-order chi connectivity index (χ0) is 12.5. The van der Waals surface area contributed by atoms with Gasteiger partial charge in [0.15, 0.2) is 11.8 Å². The third-order valence-corrected chi connectivity index (χ3v) is 3.74. The third-order valence-electron chi connectivity index (χ3n) is 2.30. The zero-order valence-electron chi connectivity index (χ0n) is 8.85. The maximum Gasteiger partial charge on any atom is 0.275 e. The van der Waals surface area contributed by atoms with Crippen molar-refractivity contribution in [3.63, 3.8) is 0 Å². The lowest BCUT2D eigenvalue weighted by molar-refractivity contribution is 0.0842. The molecule has 1 aromatic rings. The van der Waals surface area contributed by atoms with E-state index in [1.54, 1.807) is 11.5 Å². The van der Waals surface area contributed by atoms with E-state index in [1.165, 1.54) is 30.4 Å². The first-order valence-corrected chi connectivity index (χ1v) is 6.46. The number of rotatable bonds is 2. The van der Waals surface area contributed by atoms with E-state index in [9.17, 15) is 4.39 Å². The van der Waals surface area contributed by atoms with E-state index in [0.29, 0.717) is 9.80 Å². The van der Waals surface area contributed by atoms with Crippen LogP contribution < -0.4 is 4.74 Å². The summed E-state index contributed by atoms with van der Waals surface area (Å²) >= 11 is 4.44. The molecule has 3 nitrogen and oxygen atoms in total. The third kappa shape index (κ3) is 2.56. The van der Waals surface area contributed by atoms with Crippen LogP contribution in [0.3, 0.4) is 0 Å². The Morgan fingerprint density at radius 3 is 3.06 bits per heavy atom. The standard InChI is InChI=1S/C11H8BrFN2OS/c1-11(13)4-2-3-7(5-14)9(11)16-10-15-8(12)6-17-10/h2-4,6,9H,1H3. The molecule has 0 bridgehead atoms. The van der Waals surface area contributed by atoms with Crippen molar-refractivity contribution in [2.24, 2.45) is 0 Å². The maximum absolute atomic E-state index is 14.2. The van der Waals surface area contributed by atoms with Crippen LogP contribution in [0.25, 0.3) is 0 Å². The summed E-state index contributed by atoms with van der Waals surface area (Å²) in [7, 11) is 0. The highest BCUT2D eigenvalue weighted by molar-refractivity contribution is 9.10. The minimum atomic E-state index is -1.71. The summed E-state index contributed by atoms with van der Waals surface area (Å²) in [5, 5.41) is 11.0. The molecule has 0 N–H and O–H groups in total. The summed E-state index contributed by atoms with van der Waals surface area (Å²) < 4.78 is 20.3. The molecule has 0 aromatic carbocycles. The maximum atomic E-state index is 14.2. The first-order valence-electron chi connectivity index (χ1n) is 4.79. The van der Waals surface area contributed by atoms with Crippen LogP contribution in [0.4, 0.5) is 4.39 Å². The molecule has 0 spiro atoms. The van der Waals surface area contributed by atoms with Gasteiger partial charge in [-0.3, -0.25) is 0 Å². The molecule has 88 valence electrons. The topological polar surface area (TPSA) is 45.9 Å². The van der Waals surface area contributed by atoms with Crippen molar-refractivity contribution in [3.05, 3.63) is 33.8 Å². The van der Waals surface area contributed by atoms with Gasteiger partial charge in [0.25, 0.3) is 5.19 Å². The molecular weight excluding hydrogens is 307 g/mol. The van der Waals surface area contributed by atoms with Gasteiger partial charge in [0.1, 0.15) is 4.60 Å². The normalized spacial score (nSPS) is 27.4. The van der Waals surface area contributed by atoms with Crippen molar-refractivity contribution in [3.8, 4) is 11.3 Å². The van der Waals surface area contributed by atoms with Gasteiger partial charge in [0, 0.05) is 5.38 Å². The Labute approximate surface area is 110 Å². The van der Waals surface area contributed by atoms with Gasteiger partial charge in [-0.25, -0.2) is 4.39 Å². The van der Waals surface area contributed by atoms with E-state index in [1.807, 2.05) is 6.07 Å². The van der Waals surface area contributed by atoms with Crippen LogP contribution in [0.15, 0.2) is 33.8 Å². The fourth-order valence-corrected chi connectivity index (χ4v) is 2.60. The molecule has 0 saturated carbocycles. The zero-order valence-corrected chi connectivity index (χ0v) is 11.3. The number of thiazole rings is 1. The molecule has 1 aliphatic carbocycles. The molecule has 1 aromatic heterocycles. The first-order chi connectivity index (χ1) is 8.03. The number of hydrogen-bond donors (Lipinski definition) is 0. The minimum Gasteiger partial charge on any atom is -0.457 e. The van der Waals surface area contributed by atoms with Crippen molar-refractivity contribution in [1.82, 2.24) is 4.98 Å². The Morgan fingerprint density at radius 1 is 1.71 bits per heavy atom. The predicted molar refractivity (Wildman–Crippen MR) is 66.6 cm³/mol. The number of alkyl halides is 1. The molecule has 2 atom stereocenters. The van der Waals surface area contributed by atoms with E-state index in [-0.39, 0.29) is 5.57 Å². The number of ether oxygens (including phenoxy) is 1. The lowest BCUT2D eigenvalue weighted by Crippen LogP contribution is -2.40. The van der Waals surface area contributed by atoms with E-state index in [2.05, 4.69) is 20.9 Å². The second-order valence-electron chi connectivity index (χ2n) is 3.68. The lowest BCUT2D eigenvalue weighted by Gasteiger charge is -2.28. The quantitative estimate of drug-likeness (QED) is 0.840. The van der Waals surface area contributed by atoms with E-state index in [0.717, 1.165) is 0 Å². The van der Waals surface area contributed by atoms with Gasteiger partial charge >= 0.3 is 0 Å². The highest BCUT2D eigenvalue weighted by atomic mass is 79.9. The van der Waals surface area contributed by atoms with Gasteiger partial charge in [0.05, 0.1) is 11.6 Å². The molecule has 0 saturated heterocycles. The van der Waals surface area contributed by atoms with E-state index in [4.69, 9.17) is 10.00 Å². The Morgan fingerprint density at radius 2 is 2.47 bits per heavy atom. The van der Waals surface area contributed by atoms with Crippen LogP contribution in [0.5, 0.6) is 5.19 Å². The van der Waals surface area contributed by atoms with Gasteiger partial charge in [0.2, 0.25) is 0 Å². The van der Waals surface area contributed by atoms with Crippen LogP contribution in [0.1, 0.15) is 6.92 Å². The fraction of sp³-hybridized carbons (Fsp3) is 0.273. The number of nitrogens with zero attached hydrogens (tertiary/aromatic N) is 2. The summed E-state index contributed by atoms with van der Waals surface area (Å²) in [5.74, 6) is 0. The van der Waals surface area contributed by atoms with Crippen molar-refractivity contribution in [2.45, 2.75) is 18.7 Å². The van der Waals surface area contributed by atoms with Gasteiger partial charge in [-0.1, -0.05) is 17.4 Å². The average molecular weight is 315 g/mol. The van der Waals surface area contributed by atoms with E-state index < -0.39 is 11.8 Å². The van der Waals surface area contributed by atoms with Crippen LogP contribution >= 0.6 is 27.3 Å². The fourth-order valence-electron chi connectivity index (χ4n) is 1.49. The largest absolute Gasteiger partial charge is 0.457 e. The molecule has 1 aliphatic rings. The second kappa shape index (κ2) is 4.59. The molecule has 0 amide bonds. The highest BCUT2D eigenvalue weighted by Crippen LogP contribution is 2.32. The number of hydrogen-bond acceptors (Lipinski definition) is 4. The van der Waals surface area contributed by atoms with Gasteiger partial charge in [-0.05, 0) is 35.0 Å². The Kier molecular flexibility index (Phi) is 3.31. The van der Waals surface area contributed by atoms with Gasteiger partial charge in [-0.15, -0.1) is 0 Å². The average Bonchev–Trinajstić information content (AvgIpc) is 2.67. The van der Waals surface area contributed by atoms with Crippen molar-refractivity contribution >= 4 is 27.3 Å². The molecular formula is C11H8BrFN2OS. The SMILES string of the molecule is CC1(F)C=CC=C(C#N)C1Oc1nc(Br)cs1. The van der Waals surface area contributed by atoms with Crippen LogP contribution in [-0.2, 0) is 0 Å². The van der Waals surface area contributed by atoms with Gasteiger partial charge < -0.3 is 4.74 Å². The second-order valence-corrected chi connectivity index (χ2v) is 5.31. The highest BCUT2D eigenvalue weighted by Gasteiger charge is 2.39. The monoisotopic (exact) mass is 314 g/mol. The smallest absolute Gasteiger partial charge is 0.275 e. The van der Waals surface area contributed by atoms with Crippen LogP contribution in [0.2, 0.25) is 0 Å². The van der Waals surface area contributed by atoms with Crippen molar-refractivity contribution in [1.29, 1.82) is 5.26 Å². The number of aromatic nitrogens is 1. The molecule has 6 heteroatoms.